The molecule has 0 rings (SSSR count). The minimum atomic E-state index is -0.850. The van der Waals surface area contributed by atoms with Crippen LogP contribution in [0.5, 0.6) is 0 Å². The fourth-order valence-corrected chi connectivity index (χ4v) is 0.488. The summed E-state index contributed by atoms with van der Waals surface area (Å²) in [5, 5.41) is 9.84. The fourth-order valence-electron chi connectivity index (χ4n) is 0.488. The Kier molecular flexibility index (Phi) is 4.88. The van der Waals surface area contributed by atoms with Crippen LogP contribution in [0.25, 0.3) is 0 Å². The van der Waals surface area contributed by atoms with E-state index in [1.807, 2.05) is 0 Å². The second kappa shape index (κ2) is 5.20. The first kappa shape index (κ1) is 9.39. The van der Waals surface area contributed by atoms with E-state index in [1.54, 1.807) is 13.8 Å². The second-order valence-electron chi connectivity index (χ2n) is 1.66. The number of carbonyl (C=O) groups is 1. The Labute approximate surface area is 59.7 Å². The molecule has 0 aromatic heterocycles. The minimum Gasteiger partial charge on any atom is -0.434 e. The molecule has 0 spiro atoms. The standard InChI is InChI=1S/C6H11O4/c1-3-9-5(2)10-6(8)4-7/h5H,3-4H2,1-2H3. The number of hydrogen-bond acceptors (Lipinski definition) is 3. The van der Waals surface area contributed by atoms with Crippen LogP contribution in [0.15, 0.2) is 0 Å². The normalized spacial score (nSPS) is 12.7. The summed E-state index contributed by atoms with van der Waals surface area (Å²) in [4.78, 5) is 10.3. The largest absolute Gasteiger partial charge is 0.434 e. The van der Waals surface area contributed by atoms with Crippen LogP contribution in [0.2, 0.25) is 0 Å². The van der Waals surface area contributed by atoms with Gasteiger partial charge in [0.05, 0.1) is 0 Å². The van der Waals surface area contributed by atoms with Gasteiger partial charge in [0.2, 0.25) is 0 Å². The average Bonchev–Trinajstić information content (AvgIpc) is 1.88. The molecule has 0 heterocycles. The van der Waals surface area contributed by atoms with Gasteiger partial charge in [0, 0.05) is 6.61 Å². The third-order valence-electron chi connectivity index (χ3n) is 0.817. The molecule has 0 aliphatic carbocycles. The molecule has 0 N–H and O–H groups in total. The lowest BCUT2D eigenvalue weighted by Gasteiger charge is -2.10. The molecule has 4 heteroatoms. The summed E-state index contributed by atoms with van der Waals surface area (Å²) in [6, 6.07) is 0. The van der Waals surface area contributed by atoms with Gasteiger partial charge in [0.25, 0.3) is 0 Å². The van der Waals surface area contributed by atoms with Gasteiger partial charge in [-0.2, -0.15) is 0 Å². The Balaban J connectivity index is 3.37. The topological polar surface area (TPSA) is 55.4 Å². The van der Waals surface area contributed by atoms with Crippen molar-refractivity contribution in [2.45, 2.75) is 20.1 Å². The predicted molar refractivity (Wildman–Crippen MR) is 32.7 cm³/mol. The molecule has 0 aliphatic heterocycles. The first-order chi connectivity index (χ1) is 4.70. The molecular formula is C6H11O4. The van der Waals surface area contributed by atoms with Crippen LogP contribution in [-0.2, 0) is 19.4 Å². The van der Waals surface area contributed by atoms with Gasteiger partial charge in [-0.15, -0.1) is 0 Å². The third-order valence-corrected chi connectivity index (χ3v) is 0.817. The Morgan fingerprint density at radius 1 is 1.60 bits per heavy atom. The maximum Gasteiger partial charge on any atom is 0.337 e. The zero-order valence-corrected chi connectivity index (χ0v) is 6.12. The van der Waals surface area contributed by atoms with Gasteiger partial charge in [-0.05, 0) is 13.8 Å². The Morgan fingerprint density at radius 3 is 2.60 bits per heavy atom. The summed E-state index contributed by atoms with van der Waals surface area (Å²) in [6.45, 7) is 2.96. The predicted octanol–water partition coefficient (Wildman–Crippen LogP) is 0.343. The average molecular weight is 147 g/mol. The molecule has 4 nitrogen and oxygen atoms in total. The van der Waals surface area contributed by atoms with Crippen LogP contribution >= 0.6 is 0 Å². The van der Waals surface area contributed by atoms with Crippen molar-refractivity contribution >= 4 is 5.97 Å². The van der Waals surface area contributed by atoms with Crippen molar-refractivity contribution in [3.63, 3.8) is 0 Å². The molecule has 0 aromatic carbocycles. The van der Waals surface area contributed by atoms with Crippen LogP contribution in [0.1, 0.15) is 13.8 Å². The molecule has 1 radical (unpaired) electrons. The van der Waals surface area contributed by atoms with E-state index in [2.05, 4.69) is 4.74 Å². The van der Waals surface area contributed by atoms with Gasteiger partial charge in [-0.3, -0.25) is 0 Å². The lowest BCUT2D eigenvalue weighted by molar-refractivity contribution is -0.178. The van der Waals surface area contributed by atoms with E-state index in [9.17, 15) is 9.90 Å². The first-order valence-corrected chi connectivity index (χ1v) is 3.10. The first-order valence-electron chi connectivity index (χ1n) is 3.10. The van der Waals surface area contributed by atoms with Crippen LogP contribution in [0, 0.1) is 0 Å². The van der Waals surface area contributed by atoms with Crippen molar-refractivity contribution in [2.24, 2.45) is 0 Å². The molecule has 0 bridgehead atoms. The molecule has 1 atom stereocenters. The molecule has 0 fully saturated rings. The number of carbonyl (C=O) groups excluding carboxylic acids is 1. The molecule has 1 unspecified atom stereocenters. The highest BCUT2D eigenvalue weighted by molar-refractivity contribution is 5.70. The van der Waals surface area contributed by atoms with E-state index >= 15 is 0 Å². The van der Waals surface area contributed by atoms with Gasteiger partial charge in [0.15, 0.2) is 12.9 Å². The van der Waals surface area contributed by atoms with Gasteiger partial charge in [0.1, 0.15) is 0 Å². The molecule has 59 valence electrons. The molecule has 0 aliphatic rings. The number of rotatable bonds is 4. The van der Waals surface area contributed by atoms with Crippen molar-refractivity contribution in [3.05, 3.63) is 0 Å². The monoisotopic (exact) mass is 147 g/mol. The minimum absolute atomic E-state index is 0.466. The molecule has 10 heavy (non-hydrogen) atoms. The maximum absolute atomic E-state index is 10.3. The summed E-state index contributed by atoms with van der Waals surface area (Å²) < 4.78 is 9.30. The van der Waals surface area contributed by atoms with Crippen molar-refractivity contribution in [2.75, 3.05) is 13.2 Å². The number of ether oxygens (including phenoxy) is 2. The highest BCUT2D eigenvalue weighted by atomic mass is 16.7. The Morgan fingerprint density at radius 2 is 2.20 bits per heavy atom. The fraction of sp³-hybridized carbons (Fsp3) is 0.833. The van der Waals surface area contributed by atoms with Gasteiger partial charge in [-0.25, -0.2) is 9.90 Å². The molecular weight excluding hydrogens is 136 g/mol. The van der Waals surface area contributed by atoms with E-state index < -0.39 is 18.9 Å². The second-order valence-corrected chi connectivity index (χ2v) is 1.66. The van der Waals surface area contributed by atoms with E-state index in [4.69, 9.17) is 4.74 Å². The summed E-state index contributed by atoms with van der Waals surface area (Å²) in [7, 11) is 0. The van der Waals surface area contributed by atoms with Crippen molar-refractivity contribution < 1.29 is 19.4 Å². The summed E-state index contributed by atoms with van der Waals surface area (Å²) in [6.07, 6.45) is -0.605. The van der Waals surface area contributed by atoms with E-state index in [-0.39, 0.29) is 0 Å². The van der Waals surface area contributed by atoms with Crippen molar-refractivity contribution in [1.82, 2.24) is 0 Å². The van der Waals surface area contributed by atoms with Crippen molar-refractivity contribution in [1.29, 1.82) is 0 Å². The SMILES string of the molecule is CCOC(C)OC(=O)C[O]. The molecule has 0 amide bonds. The van der Waals surface area contributed by atoms with E-state index in [0.717, 1.165) is 0 Å². The van der Waals surface area contributed by atoms with Crippen LogP contribution in [0.4, 0.5) is 0 Å². The molecule has 0 aromatic rings. The molecule has 0 saturated heterocycles. The van der Waals surface area contributed by atoms with Crippen LogP contribution in [-0.4, -0.2) is 25.5 Å². The Hall–Kier alpha value is -0.610. The van der Waals surface area contributed by atoms with E-state index in [0.29, 0.717) is 6.61 Å². The molecule has 0 saturated carbocycles. The van der Waals surface area contributed by atoms with Crippen LogP contribution in [0.3, 0.4) is 0 Å². The third kappa shape index (κ3) is 4.29. The smallest absolute Gasteiger partial charge is 0.337 e. The Bertz CT molecular complexity index is 102. The number of esters is 1. The maximum atomic E-state index is 10.3. The van der Waals surface area contributed by atoms with Crippen LogP contribution < -0.4 is 0 Å². The quantitative estimate of drug-likeness (QED) is 0.425. The number of hydrogen-bond donors (Lipinski definition) is 0. The van der Waals surface area contributed by atoms with Gasteiger partial charge >= 0.3 is 5.97 Å². The lowest BCUT2D eigenvalue weighted by atomic mass is 10.7. The zero-order chi connectivity index (χ0) is 7.98. The zero-order valence-electron chi connectivity index (χ0n) is 6.12. The summed E-state index contributed by atoms with van der Waals surface area (Å²) in [5.41, 5.74) is 0. The summed E-state index contributed by atoms with van der Waals surface area (Å²) >= 11 is 0. The van der Waals surface area contributed by atoms with Gasteiger partial charge in [-0.1, -0.05) is 0 Å². The lowest BCUT2D eigenvalue weighted by Crippen LogP contribution is -2.19. The van der Waals surface area contributed by atoms with Crippen molar-refractivity contribution in [3.8, 4) is 0 Å². The highest BCUT2D eigenvalue weighted by Gasteiger charge is 2.06. The summed E-state index contributed by atoms with van der Waals surface area (Å²) in [5.74, 6) is -0.777. The van der Waals surface area contributed by atoms with Gasteiger partial charge < -0.3 is 9.47 Å². The highest BCUT2D eigenvalue weighted by Crippen LogP contribution is 1.92. The van der Waals surface area contributed by atoms with E-state index in [1.165, 1.54) is 0 Å².